The Balaban J connectivity index is 1.90. The van der Waals surface area contributed by atoms with Crippen LogP contribution in [0.3, 0.4) is 0 Å². The summed E-state index contributed by atoms with van der Waals surface area (Å²) >= 11 is 0. The van der Waals surface area contributed by atoms with Gasteiger partial charge in [0.15, 0.2) is 0 Å². The fraction of sp³-hybridized carbons (Fsp3) is 0.176. The van der Waals surface area contributed by atoms with Crippen molar-refractivity contribution in [1.82, 2.24) is 4.57 Å². The highest BCUT2D eigenvalue weighted by Crippen LogP contribution is 2.36. The van der Waals surface area contributed by atoms with Crippen LogP contribution < -0.4 is 0 Å². The van der Waals surface area contributed by atoms with Crippen LogP contribution in [0.4, 0.5) is 0 Å². The first-order valence-electron chi connectivity index (χ1n) is 6.57. The molecular formula is C17H15N. The zero-order valence-corrected chi connectivity index (χ0v) is 10.2. The number of nitrogens with zero attached hydrogens (tertiary/aromatic N) is 1. The van der Waals surface area contributed by atoms with E-state index in [2.05, 4.69) is 65.4 Å². The van der Waals surface area contributed by atoms with Gasteiger partial charge in [0, 0.05) is 11.7 Å². The standard InChI is InChI=1S/C17H15N/c1-3-7-15-13(5-1)9-10-17(15)18-12-11-14-6-2-4-8-16(14)18/h1-8,11-12,17H,9-10H2. The number of hydrogen-bond acceptors (Lipinski definition) is 0. The van der Waals surface area contributed by atoms with Crippen LogP contribution in [0.2, 0.25) is 0 Å². The lowest BCUT2D eigenvalue weighted by Crippen LogP contribution is -2.05. The molecule has 1 atom stereocenters. The molecule has 1 nitrogen and oxygen atoms in total. The topological polar surface area (TPSA) is 4.93 Å². The second kappa shape index (κ2) is 3.74. The molecule has 0 bridgehead atoms. The molecule has 0 N–H and O–H groups in total. The first-order valence-corrected chi connectivity index (χ1v) is 6.57. The molecule has 0 saturated heterocycles. The van der Waals surface area contributed by atoms with Gasteiger partial charge < -0.3 is 4.57 Å². The van der Waals surface area contributed by atoms with Crippen LogP contribution in [0.1, 0.15) is 23.6 Å². The molecule has 1 heterocycles. The monoisotopic (exact) mass is 233 g/mol. The average Bonchev–Trinajstić information content (AvgIpc) is 3.01. The number of aryl methyl sites for hydroxylation is 1. The zero-order chi connectivity index (χ0) is 11.9. The largest absolute Gasteiger partial charge is 0.340 e. The second-order valence-corrected chi connectivity index (χ2v) is 5.04. The lowest BCUT2D eigenvalue weighted by Gasteiger charge is -2.15. The molecule has 18 heavy (non-hydrogen) atoms. The molecule has 1 aliphatic carbocycles. The molecule has 4 rings (SSSR count). The van der Waals surface area contributed by atoms with E-state index in [0.717, 1.165) is 0 Å². The maximum atomic E-state index is 2.43. The molecule has 1 aliphatic rings. The Labute approximate surface area is 107 Å². The molecule has 1 unspecified atom stereocenters. The van der Waals surface area contributed by atoms with Gasteiger partial charge in [-0.3, -0.25) is 0 Å². The molecule has 0 radical (unpaired) electrons. The van der Waals surface area contributed by atoms with Gasteiger partial charge in [-0.2, -0.15) is 0 Å². The summed E-state index contributed by atoms with van der Waals surface area (Å²) in [5.41, 5.74) is 4.36. The minimum atomic E-state index is 0.515. The van der Waals surface area contributed by atoms with Gasteiger partial charge in [-0.05, 0) is 41.5 Å². The van der Waals surface area contributed by atoms with E-state index >= 15 is 0 Å². The summed E-state index contributed by atoms with van der Waals surface area (Å²) in [6.45, 7) is 0. The van der Waals surface area contributed by atoms with Crippen LogP contribution in [0.25, 0.3) is 10.9 Å². The van der Waals surface area contributed by atoms with Gasteiger partial charge in [-0.1, -0.05) is 42.5 Å². The van der Waals surface area contributed by atoms with Crippen LogP contribution in [0, 0.1) is 0 Å². The number of hydrogen-bond donors (Lipinski definition) is 0. The molecule has 1 heteroatoms. The first-order chi connectivity index (χ1) is 8.93. The Morgan fingerprint density at radius 3 is 2.72 bits per heavy atom. The van der Waals surface area contributed by atoms with E-state index < -0.39 is 0 Å². The van der Waals surface area contributed by atoms with Crippen molar-refractivity contribution in [3.63, 3.8) is 0 Å². The van der Waals surface area contributed by atoms with Crippen molar-refractivity contribution < 1.29 is 0 Å². The number of aromatic nitrogens is 1. The lowest BCUT2D eigenvalue weighted by atomic mass is 10.1. The highest BCUT2D eigenvalue weighted by atomic mass is 15.0. The third kappa shape index (κ3) is 1.34. The molecule has 3 aromatic rings. The van der Waals surface area contributed by atoms with Gasteiger partial charge in [0.2, 0.25) is 0 Å². The smallest absolute Gasteiger partial charge is 0.0591 e. The van der Waals surface area contributed by atoms with Crippen LogP contribution in [-0.4, -0.2) is 4.57 Å². The summed E-state index contributed by atoms with van der Waals surface area (Å²) in [4.78, 5) is 0. The molecule has 0 aliphatic heterocycles. The van der Waals surface area contributed by atoms with Crippen LogP contribution >= 0.6 is 0 Å². The summed E-state index contributed by atoms with van der Waals surface area (Å²) in [6, 6.07) is 20.2. The normalized spacial score (nSPS) is 18.1. The van der Waals surface area contributed by atoms with E-state index in [1.165, 1.54) is 34.9 Å². The van der Waals surface area contributed by atoms with E-state index in [1.54, 1.807) is 0 Å². The summed E-state index contributed by atoms with van der Waals surface area (Å²) in [6.07, 6.45) is 4.66. The fourth-order valence-corrected chi connectivity index (χ4v) is 3.20. The quantitative estimate of drug-likeness (QED) is 0.594. The molecule has 0 fully saturated rings. The van der Waals surface area contributed by atoms with Gasteiger partial charge >= 0.3 is 0 Å². The Morgan fingerprint density at radius 1 is 0.889 bits per heavy atom. The average molecular weight is 233 g/mol. The SMILES string of the molecule is c1ccc2c(c1)CCC2n1ccc2ccccc21. The first kappa shape index (κ1) is 9.95. The van der Waals surface area contributed by atoms with E-state index in [1.807, 2.05) is 0 Å². The highest BCUT2D eigenvalue weighted by Gasteiger charge is 2.23. The number of benzene rings is 2. The highest BCUT2D eigenvalue weighted by molar-refractivity contribution is 5.80. The van der Waals surface area contributed by atoms with Crippen LogP contribution in [-0.2, 0) is 6.42 Å². The predicted octanol–water partition coefficient (Wildman–Crippen LogP) is 4.18. The van der Waals surface area contributed by atoms with Crippen molar-refractivity contribution in [2.75, 3.05) is 0 Å². The zero-order valence-electron chi connectivity index (χ0n) is 10.2. The van der Waals surface area contributed by atoms with Crippen molar-refractivity contribution in [3.8, 4) is 0 Å². The third-order valence-electron chi connectivity index (χ3n) is 4.07. The predicted molar refractivity (Wildman–Crippen MR) is 74.8 cm³/mol. The number of fused-ring (bicyclic) bond motifs is 2. The van der Waals surface area contributed by atoms with Gasteiger partial charge in [-0.25, -0.2) is 0 Å². The maximum absolute atomic E-state index is 2.43. The minimum absolute atomic E-state index is 0.515. The lowest BCUT2D eigenvalue weighted by molar-refractivity contribution is 0.599. The number of para-hydroxylation sites is 1. The second-order valence-electron chi connectivity index (χ2n) is 5.04. The molecular weight excluding hydrogens is 218 g/mol. The summed E-state index contributed by atoms with van der Waals surface area (Å²) in [7, 11) is 0. The van der Waals surface area contributed by atoms with Gasteiger partial charge in [0.1, 0.15) is 0 Å². The molecule has 0 saturated carbocycles. The Morgan fingerprint density at radius 2 is 1.72 bits per heavy atom. The van der Waals surface area contributed by atoms with E-state index in [4.69, 9.17) is 0 Å². The van der Waals surface area contributed by atoms with Crippen molar-refractivity contribution in [1.29, 1.82) is 0 Å². The van der Waals surface area contributed by atoms with Crippen molar-refractivity contribution in [2.24, 2.45) is 0 Å². The molecule has 1 aromatic heterocycles. The van der Waals surface area contributed by atoms with E-state index in [0.29, 0.717) is 6.04 Å². The summed E-state index contributed by atoms with van der Waals surface area (Å²) in [5.74, 6) is 0. The van der Waals surface area contributed by atoms with Crippen molar-refractivity contribution >= 4 is 10.9 Å². The molecule has 88 valence electrons. The summed E-state index contributed by atoms with van der Waals surface area (Å²) < 4.78 is 2.43. The minimum Gasteiger partial charge on any atom is -0.340 e. The Kier molecular flexibility index (Phi) is 2.07. The summed E-state index contributed by atoms with van der Waals surface area (Å²) in [5, 5.41) is 1.34. The third-order valence-corrected chi connectivity index (χ3v) is 4.07. The number of rotatable bonds is 1. The van der Waals surface area contributed by atoms with Crippen LogP contribution in [0.5, 0.6) is 0 Å². The van der Waals surface area contributed by atoms with E-state index in [9.17, 15) is 0 Å². The molecule has 2 aromatic carbocycles. The van der Waals surface area contributed by atoms with Gasteiger partial charge in [0.05, 0.1) is 6.04 Å². The van der Waals surface area contributed by atoms with Gasteiger partial charge in [0.25, 0.3) is 0 Å². The van der Waals surface area contributed by atoms with Crippen molar-refractivity contribution in [3.05, 3.63) is 71.9 Å². The maximum Gasteiger partial charge on any atom is 0.0591 e. The van der Waals surface area contributed by atoms with Crippen molar-refractivity contribution in [2.45, 2.75) is 18.9 Å². The van der Waals surface area contributed by atoms with Crippen LogP contribution in [0.15, 0.2) is 60.8 Å². The fourth-order valence-electron chi connectivity index (χ4n) is 3.20. The molecule has 0 amide bonds. The Bertz CT molecular complexity index is 708. The van der Waals surface area contributed by atoms with Gasteiger partial charge in [-0.15, -0.1) is 0 Å². The Hall–Kier alpha value is -2.02. The van der Waals surface area contributed by atoms with E-state index in [-0.39, 0.29) is 0 Å². The molecule has 0 spiro atoms.